The summed E-state index contributed by atoms with van der Waals surface area (Å²) in [6.07, 6.45) is 0. The van der Waals surface area contributed by atoms with Crippen LogP contribution in [0.25, 0.3) is 0 Å². The van der Waals surface area contributed by atoms with Gasteiger partial charge in [-0.3, -0.25) is 9.80 Å². The van der Waals surface area contributed by atoms with E-state index in [2.05, 4.69) is 0 Å². The summed E-state index contributed by atoms with van der Waals surface area (Å²) >= 11 is 0. The van der Waals surface area contributed by atoms with Gasteiger partial charge in [-0.05, 0) is 13.8 Å². The molecule has 0 saturated carbocycles. The van der Waals surface area contributed by atoms with Crippen LogP contribution in [-0.4, -0.2) is 23.1 Å². The number of carbonyl (C=O) groups excluding carboxylic acids is 1. The number of nitrogens with two attached hydrogens (primary N) is 1. The van der Waals surface area contributed by atoms with E-state index in [0.717, 1.165) is 5.01 Å². The molecule has 4 nitrogen and oxygen atoms in total. The Labute approximate surface area is 59.9 Å². The fraction of sp³-hybridized carbons (Fsp3) is 0.500. The Kier molecular flexibility index (Phi) is 2.89. The Morgan fingerprint density at radius 2 is 1.90 bits per heavy atom. The van der Waals surface area contributed by atoms with Crippen molar-refractivity contribution in [2.24, 2.45) is 5.84 Å². The van der Waals surface area contributed by atoms with Crippen LogP contribution in [0.5, 0.6) is 0 Å². The molecule has 0 aromatic carbocycles. The van der Waals surface area contributed by atoms with Crippen LogP contribution < -0.4 is 5.84 Å². The molecule has 58 valence electrons. The molecule has 3 N–H and O–H groups in total. The average Bonchev–Trinajstić information content (AvgIpc) is 1.84. The number of nitrogens with zero attached hydrogens (tertiary/aromatic N) is 1. The van der Waals surface area contributed by atoms with Crippen LogP contribution in [0.4, 0.5) is 0 Å². The van der Waals surface area contributed by atoms with Gasteiger partial charge in [-0.25, -0.2) is 5.84 Å². The van der Waals surface area contributed by atoms with Crippen LogP contribution in [0.1, 0.15) is 13.8 Å². The SMILES string of the molecule is C/C(O)=C(/C)C(=O)N(C)N. The highest BCUT2D eigenvalue weighted by Crippen LogP contribution is 2.00. The molecule has 0 atom stereocenters. The van der Waals surface area contributed by atoms with Crippen molar-refractivity contribution in [3.05, 3.63) is 11.3 Å². The highest BCUT2D eigenvalue weighted by molar-refractivity contribution is 5.92. The van der Waals surface area contributed by atoms with Gasteiger partial charge in [0.25, 0.3) is 5.91 Å². The summed E-state index contributed by atoms with van der Waals surface area (Å²) in [5.41, 5.74) is 0.269. The van der Waals surface area contributed by atoms with E-state index < -0.39 is 0 Å². The molecule has 10 heavy (non-hydrogen) atoms. The van der Waals surface area contributed by atoms with Gasteiger partial charge >= 0.3 is 0 Å². The molecule has 4 heteroatoms. The molecule has 0 bridgehead atoms. The molecule has 0 radical (unpaired) electrons. The smallest absolute Gasteiger partial charge is 0.266 e. The Morgan fingerprint density at radius 1 is 1.50 bits per heavy atom. The zero-order valence-corrected chi connectivity index (χ0v) is 6.38. The molecule has 0 aliphatic rings. The average molecular weight is 144 g/mol. The molecule has 0 aliphatic heterocycles. The van der Waals surface area contributed by atoms with E-state index in [0.29, 0.717) is 0 Å². The number of aliphatic hydroxyl groups is 1. The summed E-state index contributed by atoms with van der Waals surface area (Å²) in [6.45, 7) is 2.96. The molecule has 0 rings (SSSR count). The van der Waals surface area contributed by atoms with E-state index in [1.807, 2.05) is 0 Å². The van der Waals surface area contributed by atoms with Crippen molar-refractivity contribution < 1.29 is 9.90 Å². The first kappa shape index (κ1) is 8.97. The molecule has 0 heterocycles. The second-order valence-electron chi connectivity index (χ2n) is 2.13. The summed E-state index contributed by atoms with van der Waals surface area (Å²) in [7, 11) is 1.43. The topological polar surface area (TPSA) is 66.6 Å². The molecular formula is C6H12N2O2. The van der Waals surface area contributed by atoms with Crippen molar-refractivity contribution >= 4 is 5.91 Å². The first-order valence-corrected chi connectivity index (χ1v) is 2.86. The van der Waals surface area contributed by atoms with Crippen LogP contribution in [-0.2, 0) is 4.79 Å². The van der Waals surface area contributed by atoms with Crippen molar-refractivity contribution in [2.75, 3.05) is 7.05 Å². The maximum atomic E-state index is 10.9. The highest BCUT2D eigenvalue weighted by Gasteiger charge is 2.08. The van der Waals surface area contributed by atoms with E-state index in [-0.39, 0.29) is 17.2 Å². The van der Waals surface area contributed by atoms with Crippen LogP contribution in [0, 0.1) is 0 Å². The van der Waals surface area contributed by atoms with Crippen molar-refractivity contribution in [1.29, 1.82) is 0 Å². The van der Waals surface area contributed by atoms with Gasteiger partial charge in [-0.15, -0.1) is 0 Å². The number of amides is 1. The van der Waals surface area contributed by atoms with Gasteiger partial charge in [0.1, 0.15) is 0 Å². The quantitative estimate of drug-likeness (QED) is 0.181. The van der Waals surface area contributed by atoms with Crippen LogP contribution in [0.2, 0.25) is 0 Å². The van der Waals surface area contributed by atoms with Crippen molar-refractivity contribution in [2.45, 2.75) is 13.8 Å². The highest BCUT2D eigenvalue weighted by atomic mass is 16.3. The molecule has 0 unspecified atom stereocenters. The van der Waals surface area contributed by atoms with Crippen molar-refractivity contribution in [3.63, 3.8) is 0 Å². The van der Waals surface area contributed by atoms with Gasteiger partial charge in [-0.2, -0.15) is 0 Å². The van der Waals surface area contributed by atoms with E-state index in [1.54, 1.807) is 0 Å². The molecule has 0 aromatic heterocycles. The molecule has 0 aliphatic carbocycles. The maximum Gasteiger partial charge on any atom is 0.266 e. The minimum Gasteiger partial charge on any atom is -0.512 e. The number of carbonyl (C=O) groups is 1. The largest absolute Gasteiger partial charge is 0.512 e. The van der Waals surface area contributed by atoms with Crippen LogP contribution >= 0.6 is 0 Å². The van der Waals surface area contributed by atoms with Crippen LogP contribution in [0.3, 0.4) is 0 Å². The molecule has 0 aromatic rings. The van der Waals surface area contributed by atoms with Gasteiger partial charge in [0, 0.05) is 7.05 Å². The molecule has 0 saturated heterocycles. The Bertz CT molecular complexity index is 169. The lowest BCUT2D eigenvalue weighted by atomic mass is 10.2. The Balaban J connectivity index is 4.38. The summed E-state index contributed by atoms with van der Waals surface area (Å²) in [5, 5.41) is 9.74. The molecule has 1 amide bonds. The minimum absolute atomic E-state index is 0.00213. The van der Waals surface area contributed by atoms with E-state index >= 15 is 0 Å². The molecule has 0 fully saturated rings. The number of allylic oxidation sites excluding steroid dienone is 1. The number of aliphatic hydroxyl groups excluding tert-OH is 1. The third kappa shape index (κ3) is 2.06. The van der Waals surface area contributed by atoms with Gasteiger partial charge in [0.2, 0.25) is 0 Å². The summed E-state index contributed by atoms with van der Waals surface area (Å²) in [6, 6.07) is 0. The van der Waals surface area contributed by atoms with Gasteiger partial charge in [0.15, 0.2) is 0 Å². The normalized spacial score (nSPS) is 12.4. The van der Waals surface area contributed by atoms with Gasteiger partial charge in [-0.1, -0.05) is 0 Å². The lowest BCUT2D eigenvalue weighted by molar-refractivity contribution is -0.126. The van der Waals surface area contributed by atoms with Crippen molar-refractivity contribution in [3.8, 4) is 0 Å². The van der Waals surface area contributed by atoms with Crippen LogP contribution in [0.15, 0.2) is 11.3 Å². The van der Waals surface area contributed by atoms with E-state index in [1.165, 1.54) is 20.9 Å². The molecular weight excluding hydrogens is 132 g/mol. The monoisotopic (exact) mass is 144 g/mol. The van der Waals surface area contributed by atoms with Crippen molar-refractivity contribution in [1.82, 2.24) is 5.01 Å². The van der Waals surface area contributed by atoms with Gasteiger partial charge in [0.05, 0.1) is 11.3 Å². The lowest BCUT2D eigenvalue weighted by Crippen LogP contribution is -2.34. The number of likely N-dealkylation sites (N-methyl/N-ethyl adjacent to an activating group) is 1. The standard InChI is InChI=1S/C6H12N2O2/c1-4(5(2)9)6(10)8(3)7/h9H,7H2,1-3H3/b5-4+. The Morgan fingerprint density at radius 3 is 2.00 bits per heavy atom. The third-order valence-corrected chi connectivity index (χ3v) is 1.18. The number of rotatable bonds is 1. The fourth-order valence-corrected chi connectivity index (χ4v) is 0.419. The van der Waals surface area contributed by atoms with Gasteiger partial charge < -0.3 is 5.11 Å². The maximum absolute atomic E-state index is 10.9. The zero-order valence-electron chi connectivity index (χ0n) is 6.38. The first-order chi connectivity index (χ1) is 4.46. The first-order valence-electron chi connectivity index (χ1n) is 2.86. The second kappa shape index (κ2) is 3.22. The third-order valence-electron chi connectivity index (χ3n) is 1.18. The lowest BCUT2D eigenvalue weighted by Gasteiger charge is -2.09. The number of hydrogen-bond donors (Lipinski definition) is 2. The number of hydrazine groups is 1. The summed E-state index contributed by atoms with van der Waals surface area (Å²) in [4.78, 5) is 10.9. The minimum atomic E-state index is -0.375. The number of hydrogen-bond acceptors (Lipinski definition) is 3. The summed E-state index contributed by atoms with van der Waals surface area (Å²) in [5.74, 6) is 4.74. The predicted molar refractivity (Wildman–Crippen MR) is 38.0 cm³/mol. The zero-order chi connectivity index (χ0) is 8.31. The molecule has 0 spiro atoms. The summed E-state index contributed by atoms with van der Waals surface area (Å²) < 4.78 is 0. The second-order valence-corrected chi connectivity index (χ2v) is 2.13. The van der Waals surface area contributed by atoms with E-state index in [9.17, 15) is 4.79 Å². The fourth-order valence-electron chi connectivity index (χ4n) is 0.419. The predicted octanol–water partition coefficient (Wildman–Crippen LogP) is 0.170. The Hall–Kier alpha value is -1.03. The van der Waals surface area contributed by atoms with E-state index in [4.69, 9.17) is 10.9 Å².